The van der Waals surface area contributed by atoms with Gasteiger partial charge in [-0.1, -0.05) is 6.07 Å². The fraction of sp³-hybridized carbons (Fsp3) is 0.381. The summed E-state index contributed by atoms with van der Waals surface area (Å²) in [6.07, 6.45) is -0.151. The van der Waals surface area contributed by atoms with Crippen molar-refractivity contribution in [2.24, 2.45) is 5.73 Å². The lowest BCUT2D eigenvalue weighted by atomic mass is 9.84. The number of benzene rings is 2. The predicted molar refractivity (Wildman–Crippen MR) is 98.8 cm³/mol. The molecule has 2 N–H and O–H groups in total. The average molecular weight is 361 g/mol. The first-order valence-electron chi connectivity index (χ1n) is 8.59. The minimum absolute atomic E-state index is 0.151. The summed E-state index contributed by atoms with van der Waals surface area (Å²) < 4.78 is 33.8. The third kappa shape index (κ3) is 3.93. The summed E-state index contributed by atoms with van der Waals surface area (Å²) in [6.45, 7) is 8.73. The van der Waals surface area contributed by atoms with Crippen molar-refractivity contribution in [1.82, 2.24) is 0 Å². The number of ether oxygens (including phenoxy) is 1. The molecule has 1 atom stereocenters. The van der Waals surface area contributed by atoms with Crippen LogP contribution in [0.15, 0.2) is 24.3 Å². The largest absolute Gasteiger partial charge is 0.466 e. The maximum Gasteiger partial charge on any atom is 0.307 e. The van der Waals surface area contributed by atoms with Gasteiger partial charge < -0.3 is 10.5 Å². The van der Waals surface area contributed by atoms with Crippen molar-refractivity contribution >= 4 is 5.97 Å². The molecule has 0 bridgehead atoms. The Labute approximate surface area is 153 Å². The number of hydrogen-bond donors (Lipinski definition) is 1. The average Bonchev–Trinajstić information content (AvgIpc) is 2.54. The molecule has 0 saturated heterocycles. The van der Waals surface area contributed by atoms with Crippen LogP contribution in [0, 0.1) is 32.4 Å². The number of halogens is 2. The summed E-state index contributed by atoms with van der Waals surface area (Å²) in [5, 5.41) is 0. The lowest BCUT2D eigenvalue weighted by Crippen LogP contribution is -2.37. The van der Waals surface area contributed by atoms with E-state index in [0.29, 0.717) is 22.3 Å². The van der Waals surface area contributed by atoms with Gasteiger partial charge in [-0.05, 0) is 80.6 Å². The van der Waals surface area contributed by atoms with Gasteiger partial charge in [0.2, 0.25) is 0 Å². The van der Waals surface area contributed by atoms with Crippen LogP contribution in [0.2, 0.25) is 0 Å². The Kier molecular flexibility index (Phi) is 5.81. The summed E-state index contributed by atoms with van der Waals surface area (Å²) in [5.74, 6) is -1.27. The Bertz CT molecular complexity index is 844. The van der Waals surface area contributed by atoms with E-state index in [2.05, 4.69) is 0 Å². The number of rotatable bonds is 5. The summed E-state index contributed by atoms with van der Waals surface area (Å²) in [5.41, 5.74) is 8.39. The highest BCUT2D eigenvalue weighted by atomic mass is 19.1. The normalized spacial score (nSPS) is 13.4. The summed E-state index contributed by atoms with van der Waals surface area (Å²) in [7, 11) is 0. The molecule has 5 heteroatoms. The monoisotopic (exact) mass is 361 g/mol. The number of nitrogens with two attached hydrogens (primary N) is 1. The zero-order valence-electron chi connectivity index (χ0n) is 15.9. The Hall–Kier alpha value is -2.27. The van der Waals surface area contributed by atoms with Gasteiger partial charge in [-0.15, -0.1) is 0 Å². The molecule has 0 spiro atoms. The molecule has 2 rings (SSSR count). The summed E-state index contributed by atoms with van der Waals surface area (Å²) in [4.78, 5) is 11.9. The van der Waals surface area contributed by atoms with Gasteiger partial charge in [-0.25, -0.2) is 8.78 Å². The molecule has 3 nitrogen and oxygen atoms in total. The molecule has 0 radical (unpaired) electrons. The molecule has 140 valence electrons. The summed E-state index contributed by atoms with van der Waals surface area (Å²) >= 11 is 0. The molecule has 26 heavy (non-hydrogen) atoms. The Balaban J connectivity index is 2.61. The standard InChI is InChI=1S/C21H25F2NO2/c1-6-26-18(25)11-21(5,24)16-10-15(9-13(3)20(16)23)19-12(2)7-8-17(22)14(19)4/h7-10H,6,11,24H2,1-5H3/t21-/m1/s1. The molecule has 2 aromatic carbocycles. The second-order valence-corrected chi connectivity index (χ2v) is 6.92. The van der Waals surface area contributed by atoms with E-state index in [4.69, 9.17) is 10.5 Å². The minimum Gasteiger partial charge on any atom is -0.466 e. The Morgan fingerprint density at radius 2 is 1.81 bits per heavy atom. The van der Waals surface area contributed by atoms with Gasteiger partial charge in [-0.2, -0.15) is 0 Å². The van der Waals surface area contributed by atoms with E-state index < -0.39 is 17.3 Å². The van der Waals surface area contributed by atoms with Crippen molar-refractivity contribution < 1.29 is 18.3 Å². The number of hydrogen-bond acceptors (Lipinski definition) is 3. The van der Waals surface area contributed by atoms with Crippen molar-refractivity contribution in [3.05, 3.63) is 58.2 Å². The molecule has 2 aromatic rings. The molecular formula is C21H25F2NO2. The van der Waals surface area contributed by atoms with Gasteiger partial charge in [0.05, 0.1) is 18.6 Å². The number of carbonyl (C=O) groups excluding carboxylic acids is 1. The third-order valence-corrected chi connectivity index (χ3v) is 4.58. The zero-order valence-corrected chi connectivity index (χ0v) is 15.9. The fourth-order valence-corrected chi connectivity index (χ4v) is 3.20. The predicted octanol–water partition coefficient (Wildman–Crippen LogP) is 4.68. The van der Waals surface area contributed by atoms with Gasteiger partial charge in [0.15, 0.2) is 0 Å². The third-order valence-electron chi connectivity index (χ3n) is 4.58. The van der Waals surface area contributed by atoms with Crippen LogP contribution in [0.5, 0.6) is 0 Å². The molecule has 0 aliphatic rings. The molecule has 0 aromatic heterocycles. The van der Waals surface area contributed by atoms with Crippen LogP contribution in [0.4, 0.5) is 8.78 Å². The van der Waals surface area contributed by atoms with Crippen molar-refractivity contribution in [2.45, 2.75) is 46.6 Å². The van der Waals surface area contributed by atoms with E-state index >= 15 is 0 Å². The van der Waals surface area contributed by atoms with E-state index in [0.717, 1.165) is 5.56 Å². The second kappa shape index (κ2) is 7.54. The second-order valence-electron chi connectivity index (χ2n) is 6.92. The van der Waals surface area contributed by atoms with Crippen LogP contribution >= 0.6 is 0 Å². The number of esters is 1. The molecule has 0 saturated carbocycles. The minimum atomic E-state index is -1.24. The highest BCUT2D eigenvalue weighted by molar-refractivity contribution is 5.74. The molecule has 0 aliphatic carbocycles. The first-order valence-corrected chi connectivity index (χ1v) is 8.59. The van der Waals surface area contributed by atoms with E-state index in [1.807, 2.05) is 6.92 Å². The maximum absolute atomic E-state index is 14.8. The number of aryl methyl sites for hydroxylation is 2. The van der Waals surface area contributed by atoms with E-state index in [9.17, 15) is 13.6 Å². The lowest BCUT2D eigenvalue weighted by Gasteiger charge is -2.26. The SMILES string of the molecule is CCOC(=O)C[C@@](C)(N)c1cc(-c2c(C)ccc(F)c2C)cc(C)c1F. The lowest BCUT2D eigenvalue weighted by molar-refractivity contribution is -0.144. The molecule has 0 amide bonds. The maximum atomic E-state index is 14.8. The van der Waals surface area contributed by atoms with Crippen LogP contribution < -0.4 is 5.73 Å². The molecule has 0 fully saturated rings. The van der Waals surface area contributed by atoms with Gasteiger partial charge in [0.1, 0.15) is 11.6 Å². The van der Waals surface area contributed by atoms with E-state index in [1.165, 1.54) is 6.07 Å². The molecule has 0 heterocycles. The Morgan fingerprint density at radius 3 is 2.42 bits per heavy atom. The highest BCUT2D eigenvalue weighted by Gasteiger charge is 2.30. The van der Waals surface area contributed by atoms with Crippen LogP contribution in [-0.2, 0) is 15.1 Å². The van der Waals surface area contributed by atoms with Gasteiger partial charge in [-0.3, -0.25) is 4.79 Å². The molecule has 0 aliphatic heterocycles. The number of carbonyl (C=O) groups is 1. The first kappa shape index (κ1) is 20.0. The van der Waals surface area contributed by atoms with Crippen molar-refractivity contribution in [3.63, 3.8) is 0 Å². The van der Waals surface area contributed by atoms with E-state index in [1.54, 1.807) is 45.9 Å². The Morgan fingerprint density at radius 1 is 1.15 bits per heavy atom. The molecule has 0 unspecified atom stereocenters. The van der Waals surface area contributed by atoms with Gasteiger partial charge in [0, 0.05) is 5.56 Å². The van der Waals surface area contributed by atoms with Gasteiger partial charge >= 0.3 is 5.97 Å². The zero-order chi connectivity index (χ0) is 19.6. The quantitative estimate of drug-likeness (QED) is 0.787. The van der Waals surface area contributed by atoms with E-state index in [-0.39, 0.29) is 24.4 Å². The van der Waals surface area contributed by atoms with Crippen LogP contribution in [0.25, 0.3) is 11.1 Å². The van der Waals surface area contributed by atoms with Crippen molar-refractivity contribution in [2.75, 3.05) is 6.61 Å². The first-order chi connectivity index (χ1) is 12.1. The highest BCUT2D eigenvalue weighted by Crippen LogP contribution is 2.35. The van der Waals surface area contributed by atoms with Crippen LogP contribution in [-0.4, -0.2) is 12.6 Å². The van der Waals surface area contributed by atoms with Crippen molar-refractivity contribution in [3.8, 4) is 11.1 Å². The van der Waals surface area contributed by atoms with Gasteiger partial charge in [0.25, 0.3) is 0 Å². The smallest absolute Gasteiger partial charge is 0.307 e. The topological polar surface area (TPSA) is 52.3 Å². The van der Waals surface area contributed by atoms with Crippen molar-refractivity contribution in [1.29, 1.82) is 0 Å². The molecular weight excluding hydrogens is 336 g/mol. The fourth-order valence-electron chi connectivity index (χ4n) is 3.20. The van der Waals surface area contributed by atoms with Crippen LogP contribution in [0.3, 0.4) is 0 Å². The summed E-state index contributed by atoms with van der Waals surface area (Å²) in [6, 6.07) is 6.39. The van der Waals surface area contributed by atoms with Crippen LogP contribution in [0.1, 0.15) is 42.5 Å².